The van der Waals surface area contributed by atoms with E-state index >= 15 is 0 Å². The molecule has 0 bridgehead atoms. The van der Waals surface area contributed by atoms with E-state index in [2.05, 4.69) is 10.3 Å². The zero-order chi connectivity index (χ0) is 11.8. The molecule has 1 aromatic rings. The van der Waals surface area contributed by atoms with Crippen LogP contribution in [0.1, 0.15) is 25.7 Å². The molecule has 17 heavy (non-hydrogen) atoms. The van der Waals surface area contributed by atoms with E-state index in [0.29, 0.717) is 16.8 Å². The van der Waals surface area contributed by atoms with Gasteiger partial charge in [-0.05, 0) is 49.5 Å². The molecule has 2 aliphatic carbocycles. The Morgan fingerprint density at radius 2 is 2.00 bits per heavy atom. The van der Waals surface area contributed by atoms with E-state index in [4.69, 9.17) is 11.6 Å². The molecule has 0 spiro atoms. The van der Waals surface area contributed by atoms with Crippen molar-refractivity contribution in [2.45, 2.75) is 25.7 Å². The van der Waals surface area contributed by atoms with E-state index in [1.807, 2.05) is 0 Å². The van der Waals surface area contributed by atoms with Gasteiger partial charge in [0, 0.05) is 12.7 Å². The summed E-state index contributed by atoms with van der Waals surface area (Å²) in [4.78, 5) is 3.99. The van der Waals surface area contributed by atoms with Crippen LogP contribution in [0.25, 0.3) is 0 Å². The molecule has 2 aliphatic rings. The van der Waals surface area contributed by atoms with Gasteiger partial charge in [-0.2, -0.15) is 0 Å². The van der Waals surface area contributed by atoms with Gasteiger partial charge in [-0.3, -0.25) is 0 Å². The lowest BCUT2D eigenvalue weighted by atomic mass is 9.98. The Morgan fingerprint density at radius 1 is 1.35 bits per heavy atom. The van der Waals surface area contributed by atoms with Crippen molar-refractivity contribution in [3.63, 3.8) is 0 Å². The van der Waals surface area contributed by atoms with Crippen molar-refractivity contribution in [1.82, 2.24) is 4.98 Å². The molecule has 0 unspecified atom stereocenters. The van der Waals surface area contributed by atoms with Crippen LogP contribution in [0.2, 0.25) is 5.02 Å². The van der Waals surface area contributed by atoms with Crippen LogP contribution in [-0.4, -0.2) is 11.5 Å². The van der Waals surface area contributed by atoms with E-state index in [1.54, 1.807) is 0 Å². The van der Waals surface area contributed by atoms with Crippen LogP contribution in [0, 0.1) is 23.6 Å². The van der Waals surface area contributed by atoms with Crippen molar-refractivity contribution in [2.24, 2.45) is 17.8 Å². The van der Waals surface area contributed by atoms with Crippen molar-refractivity contribution < 1.29 is 4.39 Å². The van der Waals surface area contributed by atoms with Crippen LogP contribution in [0.15, 0.2) is 12.3 Å². The molecule has 1 heterocycles. The summed E-state index contributed by atoms with van der Waals surface area (Å²) in [7, 11) is 0. The maximum absolute atomic E-state index is 13.5. The van der Waals surface area contributed by atoms with Crippen LogP contribution in [0.5, 0.6) is 0 Å². The number of nitrogens with zero attached hydrogens (tertiary/aromatic N) is 1. The smallest absolute Gasteiger partial charge is 0.166 e. The third-order valence-electron chi connectivity index (χ3n) is 3.77. The van der Waals surface area contributed by atoms with E-state index in [1.165, 1.54) is 37.9 Å². The monoisotopic (exact) mass is 254 g/mol. The number of hydrogen-bond acceptors (Lipinski definition) is 2. The van der Waals surface area contributed by atoms with Crippen LogP contribution >= 0.6 is 11.6 Å². The lowest BCUT2D eigenvalue weighted by Crippen LogP contribution is -2.19. The summed E-state index contributed by atoms with van der Waals surface area (Å²) >= 11 is 5.67. The Balaban J connectivity index is 1.62. The fourth-order valence-corrected chi connectivity index (χ4v) is 2.67. The summed E-state index contributed by atoms with van der Waals surface area (Å²) in [6.45, 7) is 0.848. The highest BCUT2D eigenvalue weighted by Gasteiger charge is 2.41. The summed E-state index contributed by atoms with van der Waals surface area (Å²) in [6.07, 6.45) is 6.87. The summed E-state index contributed by atoms with van der Waals surface area (Å²) in [6, 6.07) is 1.31. The first kappa shape index (κ1) is 11.3. The lowest BCUT2D eigenvalue weighted by molar-refractivity contribution is 0.426. The van der Waals surface area contributed by atoms with Gasteiger partial charge in [-0.15, -0.1) is 0 Å². The third kappa shape index (κ3) is 2.71. The molecule has 2 saturated carbocycles. The maximum atomic E-state index is 13.5. The molecule has 3 rings (SSSR count). The molecule has 0 saturated heterocycles. The van der Waals surface area contributed by atoms with Crippen LogP contribution in [-0.2, 0) is 0 Å². The number of hydrogen-bond donors (Lipinski definition) is 1. The average molecular weight is 255 g/mol. The fourth-order valence-electron chi connectivity index (χ4n) is 2.53. The van der Waals surface area contributed by atoms with E-state index in [-0.39, 0.29) is 5.82 Å². The Labute approximate surface area is 106 Å². The summed E-state index contributed by atoms with van der Waals surface area (Å²) in [5, 5.41) is 3.48. The van der Waals surface area contributed by atoms with Gasteiger partial charge in [-0.1, -0.05) is 11.6 Å². The molecule has 2 nitrogen and oxygen atoms in total. The highest BCUT2D eigenvalue weighted by molar-refractivity contribution is 6.30. The van der Waals surface area contributed by atoms with Crippen molar-refractivity contribution >= 4 is 17.4 Å². The van der Waals surface area contributed by atoms with Crippen LogP contribution in [0.4, 0.5) is 10.2 Å². The summed E-state index contributed by atoms with van der Waals surface area (Å²) < 4.78 is 13.5. The van der Waals surface area contributed by atoms with Gasteiger partial charge in [-0.25, -0.2) is 9.37 Å². The first-order chi connectivity index (χ1) is 8.24. The normalized spacial score (nSPS) is 19.7. The minimum Gasteiger partial charge on any atom is -0.367 e. The molecular formula is C13H16ClFN2. The Bertz CT molecular complexity index is 404. The zero-order valence-electron chi connectivity index (χ0n) is 9.63. The second-order valence-corrected chi connectivity index (χ2v) is 5.64. The first-order valence-corrected chi connectivity index (χ1v) is 6.67. The van der Waals surface area contributed by atoms with Gasteiger partial charge in [0.05, 0.1) is 5.02 Å². The number of pyridine rings is 1. The van der Waals surface area contributed by atoms with Crippen molar-refractivity contribution in [3.8, 4) is 0 Å². The predicted molar refractivity (Wildman–Crippen MR) is 66.6 cm³/mol. The molecule has 0 aromatic carbocycles. The highest BCUT2D eigenvalue weighted by atomic mass is 35.5. The van der Waals surface area contributed by atoms with Gasteiger partial charge in [0.2, 0.25) is 0 Å². The number of nitrogens with one attached hydrogen (secondary N) is 1. The van der Waals surface area contributed by atoms with E-state index in [0.717, 1.165) is 18.4 Å². The summed E-state index contributed by atoms with van der Waals surface area (Å²) in [5.74, 6) is 2.42. The quantitative estimate of drug-likeness (QED) is 0.866. The predicted octanol–water partition coefficient (Wildman–Crippen LogP) is 3.72. The topological polar surface area (TPSA) is 24.9 Å². The van der Waals surface area contributed by atoms with Crippen molar-refractivity contribution in [3.05, 3.63) is 23.1 Å². The lowest BCUT2D eigenvalue weighted by Gasteiger charge is -2.16. The molecule has 0 radical (unpaired) electrons. The number of anilines is 1. The van der Waals surface area contributed by atoms with E-state index in [9.17, 15) is 4.39 Å². The molecule has 92 valence electrons. The molecule has 0 aliphatic heterocycles. The Kier molecular flexibility index (Phi) is 2.95. The van der Waals surface area contributed by atoms with E-state index < -0.39 is 0 Å². The molecule has 0 amide bonds. The second-order valence-electron chi connectivity index (χ2n) is 5.20. The average Bonchev–Trinajstić information content (AvgIpc) is 3.15. The number of rotatable bonds is 5. The fraction of sp³-hybridized carbons (Fsp3) is 0.615. The van der Waals surface area contributed by atoms with Gasteiger partial charge in [0.25, 0.3) is 0 Å². The summed E-state index contributed by atoms with van der Waals surface area (Å²) in [5.41, 5.74) is 0. The van der Waals surface area contributed by atoms with Gasteiger partial charge < -0.3 is 5.32 Å². The Morgan fingerprint density at radius 3 is 2.53 bits per heavy atom. The first-order valence-electron chi connectivity index (χ1n) is 6.29. The van der Waals surface area contributed by atoms with Crippen LogP contribution in [0.3, 0.4) is 0 Å². The number of aromatic nitrogens is 1. The second kappa shape index (κ2) is 4.45. The largest absolute Gasteiger partial charge is 0.367 e. The maximum Gasteiger partial charge on any atom is 0.166 e. The number of halogens is 2. The molecule has 2 fully saturated rings. The van der Waals surface area contributed by atoms with Gasteiger partial charge >= 0.3 is 0 Å². The SMILES string of the molecule is Fc1cc(Cl)cnc1NCC(C1CC1)C1CC1. The molecule has 4 heteroatoms. The van der Waals surface area contributed by atoms with Crippen LogP contribution < -0.4 is 5.32 Å². The minimum absolute atomic E-state index is 0.334. The highest BCUT2D eigenvalue weighted by Crippen LogP contribution is 2.49. The van der Waals surface area contributed by atoms with Gasteiger partial charge in [0.15, 0.2) is 11.6 Å². The minimum atomic E-state index is -0.358. The molecule has 0 atom stereocenters. The Hall–Kier alpha value is -0.830. The van der Waals surface area contributed by atoms with Gasteiger partial charge in [0.1, 0.15) is 0 Å². The van der Waals surface area contributed by atoms with Crippen molar-refractivity contribution in [1.29, 1.82) is 0 Å². The molecule has 1 N–H and O–H groups in total. The standard InChI is InChI=1S/C13H16ClFN2/c14-10-5-12(15)13(16-6-10)17-7-11(8-1-2-8)9-3-4-9/h5-6,8-9,11H,1-4,7H2,(H,16,17). The zero-order valence-corrected chi connectivity index (χ0v) is 10.4. The molecular weight excluding hydrogens is 239 g/mol. The molecule has 1 aromatic heterocycles. The third-order valence-corrected chi connectivity index (χ3v) is 3.97. The van der Waals surface area contributed by atoms with Crippen molar-refractivity contribution in [2.75, 3.05) is 11.9 Å².